The fourth-order valence-electron chi connectivity index (χ4n) is 2.46. The van der Waals surface area contributed by atoms with Gasteiger partial charge in [-0.2, -0.15) is 5.10 Å². The molecule has 126 valence electrons. The lowest BCUT2D eigenvalue weighted by Gasteiger charge is -2.18. The Morgan fingerprint density at radius 1 is 1.35 bits per heavy atom. The number of hydrogen-bond acceptors (Lipinski definition) is 4. The van der Waals surface area contributed by atoms with Gasteiger partial charge in [-0.3, -0.25) is 4.68 Å². The number of hydrogen-bond donors (Lipinski definition) is 1. The highest BCUT2D eigenvalue weighted by molar-refractivity contribution is 7.89. The molecule has 2 rings (SSSR count). The molecule has 0 aliphatic rings. The maximum Gasteiger partial charge on any atom is 0.244 e. The van der Waals surface area contributed by atoms with Crippen molar-refractivity contribution in [1.82, 2.24) is 14.5 Å². The van der Waals surface area contributed by atoms with Crippen LogP contribution in [0.25, 0.3) is 0 Å². The van der Waals surface area contributed by atoms with Crippen molar-refractivity contribution in [2.45, 2.75) is 24.8 Å². The molecule has 23 heavy (non-hydrogen) atoms. The number of aromatic nitrogens is 2. The average molecular weight is 358 g/mol. The van der Waals surface area contributed by atoms with Crippen molar-refractivity contribution in [3.05, 3.63) is 46.2 Å². The Bertz CT molecular complexity index is 802. The van der Waals surface area contributed by atoms with Crippen LogP contribution in [0.15, 0.2) is 29.2 Å². The molecule has 6 nitrogen and oxygen atoms in total. The van der Waals surface area contributed by atoms with E-state index in [1.165, 1.54) is 7.11 Å². The molecule has 1 aromatic carbocycles. The summed E-state index contributed by atoms with van der Waals surface area (Å²) in [7, 11) is -0.455. The minimum Gasteiger partial charge on any atom is -0.375 e. The van der Waals surface area contributed by atoms with E-state index in [4.69, 9.17) is 16.3 Å². The molecular weight excluding hydrogens is 338 g/mol. The van der Waals surface area contributed by atoms with Gasteiger partial charge < -0.3 is 4.74 Å². The molecule has 0 radical (unpaired) electrons. The Hall–Kier alpha value is -1.41. The molecule has 1 heterocycles. The van der Waals surface area contributed by atoms with Crippen molar-refractivity contribution in [3.63, 3.8) is 0 Å². The fourth-order valence-corrected chi connectivity index (χ4v) is 4.18. The van der Waals surface area contributed by atoms with Gasteiger partial charge in [-0.05, 0) is 19.9 Å². The summed E-state index contributed by atoms with van der Waals surface area (Å²) in [5.74, 6) is 0. The molecule has 0 bridgehead atoms. The lowest BCUT2D eigenvalue weighted by atomic mass is 10.1. The summed E-state index contributed by atoms with van der Waals surface area (Å²) in [5, 5.41) is 4.68. The van der Waals surface area contributed by atoms with Gasteiger partial charge in [0.05, 0.1) is 17.5 Å². The van der Waals surface area contributed by atoms with E-state index in [2.05, 4.69) is 9.82 Å². The first-order chi connectivity index (χ1) is 10.8. The van der Waals surface area contributed by atoms with E-state index in [9.17, 15) is 8.42 Å². The zero-order valence-electron chi connectivity index (χ0n) is 13.5. The molecule has 8 heteroatoms. The first-order valence-electron chi connectivity index (χ1n) is 7.05. The highest BCUT2D eigenvalue weighted by Gasteiger charge is 2.25. The third-order valence-electron chi connectivity index (χ3n) is 3.71. The third kappa shape index (κ3) is 3.74. The van der Waals surface area contributed by atoms with Gasteiger partial charge in [0, 0.05) is 31.3 Å². The van der Waals surface area contributed by atoms with E-state index in [-0.39, 0.29) is 11.4 Å². The van der Waals surface area contributed by atoms with Crippen molar-refractivity contribution in [2.75, 3.05) is 13.7 Å². The highest BCUT2D eigenvalue weighted by atomic mass is 35.5. The molecule has 2 aromatic rings. The molecule has 0 spiro atoms. The summed E-state index contributed by atoms with van der Waals surface area (Å²) in [6.45, 7) is 3.47. The Balaban J connectivity index is 2.23. The first-order valence-corrected chi connectivity index (χ1v) is 8.91. The number of nitrogens with zero attached hydrogens (tertiary/aromatic N) is 2. The number of sulfonamides is 1. The summed E-state index contributed by atoms with van der Waals surface area (Å²) >= 11 is 6.15. The fraction of sp³-hybridized carbons (Fsp3) is 0.400. The number of aryl methyl sites for hydroxylation is 2. The minimum atomic E-state index is -3.68. The Morgan fingerprint density at radius 2 is 2.00 bits per heavy atom. The van der Waals surface area contributed by atoms with Crippen molar-refractivity contribution >= 4 is 21.6 Å². The van der Waals surface area contributed by atoms with Crippen LogP contribution in [-0.4, -0.2) is 31.9 Å². The number of nitrogens with one attached hydrogen (secondary N) is 1. The predicted molar refractivity (Wildman–Crippen MR) is 89.1 cm³/mol. The molecule has 1 atom stereocenters. The van der Waals surface area contributed by atoms with Crippen LogP contribution in [0.1, 0.15) is 23.1 Å². The van der Waals surface area contributed by atoms with Crippen molar-refractivity contribution in [1.29, 1.82) is 0 Å². The van der Waals surface area contributed by atoms with Gasteiger partial charge in [-0.1, -0.05) is 29.8 Å². The van der Waals surface area contributed by atoms with Gasteiger partial charge in [0.2, 0.25) is 10.0 Å². The summed E-state index contributed by atoms with van der Waals surface area (Å²) in [6.07, 6.45) is -0.476. The van der Waals surface area contributed by atoms with Gasteiger partial charge in [-0.15, -0.1) is 0 Å². The standard InChI is InChI=1S/C15H20ClN3O3S/c1-10-15(11(2)19(3)18-10)23(20,21)17-9-14(22-4)12-7-5-6-8-13(12)16/h5-8,14,17H,9H2,1-4H3. The second-order valence-corrected chi connectivity index (χ2v) is 7.33. The molecule has 0 saturated carbocycles. The number of ether oxygens (including phenoxy) is 1. The lowest BCUT2D eigenvalue weighted by Crippen LogP contribution is -2.30. The van der Waals surface area contributed by atoms with Gasteiger partial charge >= 0.3 is 0 Å². The molecule has 0 aliphatic carbocycles. The number of methoxy groups -OCH3 is 1. The third-order valence-corrected chi connectivity index (χ3v) is 5.73. The number of halogens is 1. The molecule has 1 aromatic heterocycles. The van der Waals surface area contributed by atoms with Gasteiger partial charge in [0.1, 0.15) is 4.90 Å². The van der Waals surface area contributed by atoms with Gasteiger partial charge in [-0.25, -0.2) is 13.1 Å². The molecule has 0 aliphatic heterocycles. The quantitative estimate of drug-likeness (QED) is 0.861. The van der Waals surface area contributed by atoms with Crippen LogP contribution in [0.2, 0.25) is 5.02 Å². The van der Waals surface area contributed by atoms with E-state index in [0.717, 1.165) is 5.56 Å². The van der Waals surface area contributed by atoms with E-state index in [1.54, 1.807) is 31.6 Å². The van der Waals surface area contributed by atoms with Crippen molar-refractivity contribution in [3.8, 4) is 0 Å². The molecule has 0 amide bonds. The van der Waals surface area contributed by atoms with Crippen LogP contribution in [0.3, 0.4) is 0 Å². The Labute approximate surface area is 141 Å². The van der Waals surface area contributed by atoms with E-state index in [0.29, 0.717) is 16.4 Å². The topological polar surface area (TPSA) is 73.2 Å². The largest absolute Gasteiger partial charge is 0.375 e. The SMILES string of the molecule is COC(CNS(=O)(=O)c1c(C)nn(C)c1C)c1ccccc1Cl. The number of rotatable bonds is 6. The van der Waals surface area contributed by atoms with E-state index < -0.39 is 16.1 Å². The van der Waals surface area contributed by atoms with Crippen LogP contribution in [0, 0.1) is 13.8 Å². The van der Waals surface area contributed by atoms with E-state index in [1.807, 2.05) is 18.2 Å². The Kier molecular flexibility index (Phi) is 5.46. The molecule has 1 N–H and O–H groups in total. The summed E-state index contributed by atoms with van der Waals surface area (Å²) in [5.41, 5.74) is 1.78. The van der Waals surface area contributed by atoms with Crippen LogP contribution >= 0.6 is 11.6 Å². The van der Waals surface area contributed by atoms with Crippen LogP contribution in [-0.2, 0) is 21.8 Å². The maximum absolute atomic E-state index is 12.6. The number of benzene rings is 1. The summed E-state index contributed by atoms with van der Waals surface area (Å²) < 4.78 is 34.7. The molecule has 0 saturated heterocycles. The Morgan fingerprint density at radius 3 is 2.52 bits per heavy atom. The average Bonchev–Trinajstić information content (AvgIpc) is 2.74. The zero-order chi connectivity index (χ0) is 17.2. The van der Waals surface area contributed by atoms with Crippen molar-refractivity contribution < 1.29 is 13.2 Å². The first kappa shape index (κ1) is 17.9. The van der Waals surface area contributed by atoms with Crippen LogP contribution < -0.4 is 4.72 Å². The second kappa shape index (κ2) is 7.00. The minimum absolute atomic E-state index is 0.0797. The highest BCUT2D eigenvalue weighted by Crippen LogP contribution is 2.25. The summed E-state index contributed by atoms with van der Waals surface area (Å²) in [6, 6.07) is 7.19. The zero-order valence-corrected chi connectivity index (χ0v) is 15.1. The predicted octanol–water partition coefficient (Wildman–Crippen LogP) is 2.36. The van der Waals surface area contributed by atoms with Gasteiger partial charge in [0.15, 0.2) is 0 Å². The van der Waals surface area contributed by atoms with Gasteiger partial charge in [0.25, 0.3) is 0 Å². The monoisotopic (exact) mass is 357 g/mol. The summed E-state index contributed by atoms with van der Waals surface area (Å²) in [4.78, 5) is 0.203. The second-order valence-electron chi connectivity index (χ2n) is 5.22. The van der Waals surface area contributed by atoms with Crippen molar-refractivity contribution in [2.24, 2.45) is 7.05 Å². The van der Waals surface area contributed by atoms with E-state index >= 15 is 0 Å². The molecule has 1 unspecified atom stereocenters. The molecule has 0 fully saturated rings. The lowest BCUT2D eigenvalue weighted by molar-refractivity contribution is 0.107. The smallest absolute Gasteiger partial charge is 0.244 e. The maximum atomic E-state index is 12.6. The van der Waals surface area contributed by atoms with Crippen LogP contribution in [0.4, 0.5) is 0 Å². The molecular formula is C15H20ClN3O3S. The van der Waals surface area contributed by atoms with Crippen LogP contribution in [0.5, 0.6) is 0 Å². The normalized spacial score (nSPS) is 13.3.